The van der Waals surface area contributed by atoms with Crippen LogP contribution in [0.25, 0.3) is 0 Å². The van der Waals surface area contributed by atoms with Gasteiger partial charge < -0.3 is 19.9 Å². The van der Waals surface area contributed by atoms with Crippen molar-refractivity contribution in [1.82, 2.24) is 4.90 Å². The van der Waals surface area contributed by atoms with Crippen LogP contribution in [0.2, 0.25) is 0 Å². The first kappa shape index (κ1) is 22.7. The summed E-state index contributed by atoms with van der Waals surface area (Å²) in [6, 6.07) is 16.1. The summed E-state index contributed by atoms with van der Waals surface area (Å²) in [6.07, 6.45) is 1.29. The molecule has 2 aliphatic heterocycles. The van der Waals surface area contributed by atoms with Gasteiger partial charge in [0.2, 0.25) is 5.91 Å². The molecule has 178 valence electrons. The minimum absolute atomic E-state index is 0.0582. The van der Waals surface area contributed by atoms with Crippen molar-refractivity contribution in [3.8, 4) is 0 Å². The van der Waals surface area contributed by atoms with E-state index in [0.717, 1.165) is 40.2 Å². The number of morpholine rings is 1. The highest BCUT2D eigenvalue weighted by atomic mass is 16.5. The first-order valence-corrected chi connectivity index (χ1v) is 12.1. The fourth-order valence-electron chi connectivity index (χ4n) is 5.38. The second-order valence-electron chi connectivity index (χ2n) is 10.4. The van der Waals surface area contributed by atoms with Crippen LogP contribution in [0.15, 0.2) is 59.8 Å². The summed E-state index contributed by atoms with van der Waals surface area (Å²) in [5.41, 5.74) is 5.71. The van der Waals surface area contributed by atoms with Gasteiger partial charge in [0.05, 0.1) is 37.2 Å². The molecule has 0 saturated carbocycles. The van der Waals surface area contributed by atoms with Crippen LogP contribution in [-0.2, 0) is 14.3 Å². The van der Waals surface area contributed by atoms with Crippen LogP contribution < -0.4 is 10.2 Å². The molecule has 0 spiro atoms. The number of allylic oxidation sites excluding steroid dienone is 1. The molecule has 1 N–H and O–H groups in total. The van der Waals surface area contributed by atoms with Gasteiger partial charge >= 0.3 is 0 Å². The summed E-state index contributed by atoms with van der Waals surface area (Å²) < 4.78 is 5.45. The van der Waals surface area contributed by atoms with Crippen molar-refractivity contribution in [2.24, 2.45) is 5.41 Å². The van der Waals surface area contributed by atoms with Gasteiger partial charge in [0.1, 0.15) is 0 Å². The minimum Gasteiger partial charge on any atom is -0.378 e. The third-order valence-electron chi connectivity index (χ3n) is 7.07. The molecule has 2 heterocycles. The Kier molecular flexibility index (Phi) is 5.94. The largest absolute Gasteiger partial charge is 0.378 e. The van der Waals surface area contributed by atoms with Crippen molar-refractivity contribution in [1.29, 1.82) is 0 Å². The van der Waals surface area contributed by atoms with E-state index in [0.29, 0.717) is 32.7 Å². The Morgan fingerprint density at radius 3 is 2.50 bits per heavy atom. The highest BCUT2D eigenvalue weighted by Gasteiger charge is 2.42. The molecule has 1 fully saturated rings. The molecule has 0 aromatic heterocycles. The van der Waals surface area contributed by atoms with Crippen molar-refractivity contribution in [3.05, 3.63) is 70.9 Å². The molecule has 0 radical (unpaired) electrons. The van der Waals surface area contributed by atoms with E-state index in [1.165, 1.54) is 0 Å². The van der Waals surface area contributed by atoms with Gasteiger partial charge in [-0.2, -0.15) is 0 Å². The van der Waals surface area contributed by atoms with Gasteiger partial charge in [-0.1, -0.05) is 55.8 Å². The Morgan fingerprint density at radius 1 is 1.06 bits per heavy atom. The summed E-state index contributed by atoms with van der Waals surface area (Å²) in [4.78, 5) is 31.2. The van der Waals surface area contributed by atoms with Gasteiger partial charge in [-0.3, -0.25) is 9.59 Å². The maximum Gasteiger partial charge on any atom is 0.242 e. The highest BCUT2D eigenvalue weighted by Crippen LogP contribution is 2.48. The summed E-state index contributed by atoms with van der Waals surface area (Å²) in [7, 11) is 0. The highest BCUT2D eigenvalue weighted by molar-refractivity contribution is 6.01. The molecule has 34 heavy (non-hydrogen) atoms. The van der Waals surface area contributed by atoms with Gasteiger partial charge in [0.15, 0.2) is 5.78 Å². The lowest BCUT2D eigenvalue weighted by molar-refractivity contribution is -0.133. The third-order valence-corrected chi connectivity index (χ3v) is 7.07. The number of aryl methyl sites for hydroxylation is 1. The molecule has 1 saturated heterocycles. The summed E-state index contributed by atoms with van der Waals surface area (Å²) in [6.45, 7) is 8.88. The van der Waals surface area contributed by atoms with E-state index in [-0.39, 0.29) is 29.7 Å². The van der Waals surface area contributed by atoms with Crippen LogP contribution in [0.1, 0.15) is 43.9 Å². The Hall–Kier alpha value is -3.12. The quantitative estimate of drug-likeness (QED) is 0.734. The van der Waals surface area contributed by atoms with E-state index < -0.39 is 0 Å². The Labute approximate surface area is 201 Å². The van der Waals surface area contributed by atoms with Crippen molar-refractivity contribution in [2.75, 3.05) is 43.1 Å². The zero-order valence-corrected chi connectivity index (χ0v) is 20.3. The number of ether oxygens (including phenoxy) is 1. The van der Waals surface area contributed by atoms with Crippen molar-refractivity contribution < 1.29 is 14.3 Å². The first-order chi connectivity index (χ1) is 16.3. The molecular weight excluding hydrogens is 426 g/mol. The van der Waals surface area contributed by atoms with Crippen molar-refractivity contribution in [3.63, 3.8) is 0 Å². The lowest BCUT2D eigenvalue weighted by Gasteiger charge is -2.39. The lowest BCUT2D eigenvalue weighted by Crippen LogP contribution is -2.47. The fourth-order valence-corrected chi connectivity index (χ4v) is 5.38. The topological polar surface area (TPSA) is 61.9 Å². The molecule has 1 atom stereocenters. The summed E-state index contributed by atoms with van der Waals surface area (Å²) in [5, 5.41) is 3.61. The number of para-hydroxylation sites is 2. The summed E-state index contributed by atoms with van der Waals surface area (Å²) >= 11 is 0. The van der Waals surface area contributed by atoms with Crippen LogP contribution in [0.4, 0.5) is 11.4 Å². The number of nitrogens with one attached hydrogen (secondary N) is 1. The predicted molar refractivity (Wildman–Crippen MR) is 134 cm³/mol. The molecule has 2 aromatic carbocycles. The second-order valence-corrected chi connectivity index (χ2v) is 10.4. The van der Waals surface area contributed by atoms with Gasteiger partial charge in [-0.25, -0.2) is 0 Å². The number of ketones is 1. The number of anilines is 2. The van der Waals surface area contributed by atoms with Crippen LogP contribution in [0.3, 0.4) is 0 Å². The number of fused-ring (bicyclic) bond motifs is 1. The lowest BCUT2D eigenvalue weighted by atomic mass is 9.73. The molecule has 1 aliphatic carbocycles. The van der Waals surface area contributed by atoms with E-state index in [4.69, 9.17) is 4.74 Å². The van der Waals surface area contributed by atoms with E-state index in [2.05, 4.69) is 55.3 Å². The number of Topliss-reactive ketones (excluding diaryl/α,β-unsaturated/α-hetero) is 1. The Morgan fingerprint density at radius 2 is 1.76 bits per heavy atom. The van der Waals surface area contributed by atoms with Crippen molar-refractivity contribution >= 4 is 23.1 Å². The van der Waals surface area contributed by atoms with Crippen LogP contribution in [0, 0.1) is 12.3 Å². The zero-order valence-electron chi connectivity index (χ0n) is 20.3. The average molecular weight is 460 g/mol. The third kappa shape index (κ3) is 4.34. The first-order valence-electron chi connectivity index (χ1n) is 12.1. The van der Waals surface area contributed by atoms with Gasteiger partial charge in [0.25, 0.3) is 0 Å². The Bertz CT molecular complexity index is 1130. The number of carbonyl (C=O) groups excluding carboxylic acids is 2. The number of carbonyl (C=O) groups is 2. The number of hydrogen-bond donors (Lipinski definition) is 1. The molecule has 5 rings (SSSR count). The van der Waals surface area contributed by atoms with E-state index in [9.17, 15) is 9.59 Å². The standard InChI is InChI=1S/C28H33N3O3/c1-19-8-10-20(11-9-19)27-26-22(16-28(2,3)17-24(26)32)29-21-6-4-5-7-23(21)31(27)18-25(33)30-12-14-34-15-13-30/h4-11,27,29H,12-18H2,1-3H3/t27-/m1/s1. The van der Waals surface area contributed by atoms with Crippen LogP contribution in [0.5, 0.6) is 0 Å². The SMILES string of the molecule is Cc1ccc([C@@H]2C3=C(CC(C)(C)CC3=O)Nc3ccccc3N2CC(=O)N2CCOCC2)cc1. The smallest absolute Gasteiger partial charge is 0.242 e. The fraction of sp³-hybridized carbons (Fsp3) is 0.429. The summed E-state index contributed by atoms with van der Waals surface area (Å²) in [5.74, 6) is 0.212. The molecule has 6 nitrogen and oxygen atoms in total. The number of benzene rings is 2. The molecule has 3 aliphatic rings. The number of amides is 1. The van der Waals surface area contributed by atoms with Gasteiger partial charge in [0, 0.05) is 30.8 Å². The molecule has 2 aromatic rings. The van der Waals surface area contributed by atoms with Gasteiger partial charge in [-0.15, -0.1) is 0 Å². The molecule has 1 amide bonds. The second kappa shape index (κ2) is 8.91. The maximum absolute atomic E-state index is 13.7. The van der Waals surface area contributed by atoms with E-state index in [1.807, 2.05) is 29.2 Å². The Balaban J connectivity index is 1.66. The predicted octanol–water partition coefficient (Wildman–Crippen LogP) is 4.47. The number of hydrogen-bond acceptors (Lipinski definition) is 5. The maximum atomic E-state index is 13.7. The number of rotatable bonds is 3. The monoisotopic (exact) mass is 459 g/mol. The minimum atomic E-state index is -0.333. The van der Waals surface area contributed by atoms with Crippen LogP contribution in [-0.4, -0.2) is 49.4 Å². The molecular formula is C28H33N3O3. The number of nitrogens with zero attached hydrogens (tertiary/aromatic N) is 2. The van der Waals surface area contributed by atoms with E-state index in [1.54, 1.807) is 0 Å². The van der Waals surface area contributed by atoms with Gasteiger partial charge in [-0.05, 0) is 36.5 Å². The van der Waals surface area contributed by atoms with E-state index >= 15 is 0 Å². The average Bonchev–Trinajstić information content (AvgIpc) is 2.94. The molecule has 0 unspecified atom stereocenters. The van der Waals surface area contributed by atoms with Crippen LogP contribution >= 0.6 is 0 Å². The zero-order chi connectivity index (χ0) is 23.9. The molecule has 6 heteroatoms. The van der Waals surface area contributed by atoms with Crippen molar-refractivity contribution in [2.45, 2.75) is 39.7 Å². The molecule has 0 bridgehead atoms. The normalized spacial score (nSPS) is 22.0.